The number of nitrogens with one attached hydrogen (secondary N) is 2. The third kappa shape index (κ3) is 3.29. The summed E-state index contributed by atoms with van der Waals surface area (Å²) in [5, 5.41) is 3.16. The zero-order valence-corrected chi connectivity index (χ0v) is 17.0. The summed E-state index contributed by atoms with van der Waals surface area (Å²) >= 11 is 2.76. The lowest BCUT2D eigenvalue weighted by atomic mass is 9.93. The van der Waals surface area contributed by atoms with Crippen molar-refractivity contribution in [3.05, 3.63) is 79.2 Å². The molecule has 1 aromatic heterocycles. The minimum absolute atomic E-state index is 0.0545. The van der Waals surface area contributed by atoms with E-state index in [-0.39, 0.29) is 33.9 Å². The molecule has 10 heteroatoms. The van der Waals surface area contributed by atoms with E-state index in [1.165, 1.54) is 11.9 Å². The minimum Gasteiger partial charge on any atom is -0.333 e. The summed E-state index contributed by atoms with van der Waals surface area (Å²) in [5.74, 6) is -4.83. The molecular weight excluding hydrogens is 470 g/mol. The molecule has 5 nitrogen and oxygen atoms in total. The quantitative estimate of drug-likeness (QED) is 0.430. The summed E-state index contributed by atoms with van der Waals surface area (Å²) in [7, 11) is 1.43. The predicted octanol–water partition coefficient (Wildman–Crippen LogP) is 3.76. The fourth-order valence-corrected chi connectivity index (χ4v) is 3.93. The van der Waals surface area contributed by atoms with Gasteiger partial charge in [-0.05, 0) is 45.6 Å². The Morgan fingerprint density at radius 2 is 1.63 bits per heavy atom. The number of benzene rings is 2. The van der Waals surface area contributed by atoms with Crippen molar-refractivity contribution in [3.63, 3.8) is 0 Å². The monoisotopic (exact) mass is 483 g/mol. The molecule has 0 saturated heterocycles. The number of nitrogens with zero attached hydrogens (tertiary/aromatic N) is 1. The second kappa shape index (κ2) is 7.51. The Morgan fingerprint density at radius 1 is 1.03 bits per heavy atom. The van der Waals surface area contributed by atoms with Gasteiger partial charge in [-0.25, -0.2) is 17.6 Å². The summed E-state index contributed by atoms with van der Waals surface area (Å²) in [6.07, 6.45) is 0. The molecule has 0 aliphatic carbocycles. The van der Waals surface area contributed by atoms with Gasteiger partial charge in [0.1, 0.15) is 11.6 Å². The van der Waals surface area contributed by atoms with Gasteiger partial charge in [-0.1, -0.05) is 0 Å². The third-order valence-electron chi connectivity index (χ3n) is 5.18. The standard InChI is InChI=1S/C20H14BrF4N3O2/c1-28(20(30)8-2-13(24)18(21)14(25)3-8)16-7-26-6-15-17(16)9-4-11(22)12(23)5-10(9)19(29)27-15/h2-5,16,26H,6-7H2,1H3,(H,27,29)/t16-/m1/s1. The number of amides is 1. The zero-order valence-electron chi connectivity index (χ0n) is 15.5. The molecule has 0 unspecified atom stereocenters. The number of pyridine rings is 1. The maximum atomic E-state index is 14.0. The van der Waals surface area contributed by atoms with E-state index < -0.39 is 40.8 Å². The molecule has 156 valence electrons. The molecule has 3 aromatic rings. The maximum absolute atomic E-state index is 14.0. The van der Waals surface area contributed by atoms with Gasteiger partial charge in [0.25, 0.3) is 11.5 Å². The number of aromatic nitrogens is 1. The van der Waals surface area contributed by atoms with Crippen LogP contribution in [0.2, 0.25) is 0 Å². The molecule has 1 aliphatic rings. The summed E-state index contributed by atoms with van der Waals surface area (Å²) in [6, 6.07) is 2.84. The van der Waals surface area contributed by atoms with Crippen LogP contribution in [0.3, 0.4) is 0 Å². The lowest BCUT2D eigenvalue weighted by Crippen LogP contribution is -2.42. The van der Waals surface area contributed by atoms with Crippen LogP contribution in [0.5, 0.6) is 0 Å². The number of hydrogen-bond donors (Lipinski definition) is 2. The molecule has 0 spiro atoms. The molecule has 1 amide bonds. The molecule has 0 radical (unpaired) electrons. The normalized spacial score (nSPS) is 15.9. The van der Waals surface area contributed by atoms with Crippen molar-refractivity contribution in [2.45, 2.75) is 12.6 Å². The first-order valence-corrected chi connectivity index (χ1v) is 9.64. The Morgan fingerprint density at radius 3 is 2.27 bits per heavy atom. The van der Waals surface area contributed by atoms with Crippen LogP contribution < -0.4 is 10.9 Å². The van der Waals surface area contributed by atoms with Crippen molar-refractivity contribution in [2.75, 3.05) is 13.6 Å². The maximum Gasteiger partial charge on any atom is 0.256 e. The summed E-state index contributed by atoms with van der Waals surface area (Å²) < 4.78 is 55.1. The predicted molar refractivity (Wildman–Crippen MR) is 105 cm³/mol. The van der Waals surface area contributed by atoms with Gasteiger partial charge < -0.3 is 15.2 Å². The van der Waals surface area contributed by atoms with Gasteiger partial charge in [0, 0.05) is 37.0 Å². The Balaban J connectivity index is 1.84. The molecule has 2 heterocycles. The van der Waals surface area contributed by atoms with E-state index in [1.54, 1.807) is 0 Å². The van der Waals surface area contributed by atoms with Gasteiger partial charge in [0.05, 0.1) is 15.9 Å². The largest absolute Gasteiger partial charge is 0.333 e. The molecule has 30 heavy (non-hydrogen) atoms. The van der Waals surface area contributed by atoms with E-state index in [4.69, 9.17) is 0 Å². The average molecular weight is 484 g/mol. The number of likely N-dealkylation sites (N-methyl/N-ethyl adjacent to an activating group) is 1. The zero-order chi connectivity index (χ0) is 21.7. The van der Waals surface area contributed by atoms with E-state index in [1.807, 2.05) is 0 Å². The molecule has 1 aliphatic heterocycles. The number of carbonyl (C=O) groups excluding carboxylic acids is 1. The Labute approximate surface area is 175 Å². The fourth-order valence-electron chi connectivity index (χ4n) is 3.70. The van der Waals surface area contributed by atoms with Gasteiger partial charge in [0.15, 0.2) is 11.6 Å². The van der Waals surface area contributed by atoms with E-state index in [9.17, 15) is 27.2 Å². The van der Waals surface area contributed by atoms with E-state index >= 15 is 0 Å². The van der Waals surface area contributed by atoms with Gasteiger partial charge in [-0.2, -0.15) is 0 Å². The summed E-state index contributed by atoms with van der Waals surface area (Å²) in [5.41, 5.74) is 0.0589. The third-order valence-corrected chi connectivity index (χ3v) is 5.93. The van der Waals surface area contributed by atoms with Crippen LogP contribution in [0.25, 0.3) is 10.8 Å². The highest BCUT2D eigenvalue weighted by atomic mass is 79.9. The molecule has 2 aromatic carbocycles. The average Bonchev–Trinajstić information content (AvgIpc) is 2.71. The van der Waals surface area contributed by atoms with E-state index in [0.29, 0.717) is 11.3 Å². The Hall–Kier alpha value is -2.72. The molecule has 0 bridgehead atoms. The van der Waals surface area contributed by atoms with Crippen LogP contribution in [0, 0.1) is 23.3 Å². The molecule has 2 N–H and O–H groups in total. The first-order chi connectivity index (χ1) is 14.2. The van der Waals surface area contributed by atoms with Crippen LogP contribution >= 0.6 is 15.9 Å². The lowest BCUT2D eigenvalue weighted by molar-refractivity contribution is 0.0722. The smallest absolute Gasteiger partial charge is 0.256 e. The van der Waals surface area contributed by atoms with Crippen molar-refractivity contribution in [1.29, 1.82) is 0 Å². The molecule has 0 saturated carbocycles. The number of rotatable bonds is 2. The van der Waals surface area contributed by atoms with Crippen LogP contribution in [-0.2, 0) is 6.54 Å². The van der Waals surface area contributed by atoms with E-state index in [2.05, 4.69) is 26.2 Å². The first kappa shape index (κ1) is 20.5. The Bertz CT molecular complexity index is 1240. The van der Waals surface area contributed by atoms with Crippen molar-refractivity contribution < 1.29 is 22.4 Å². The molecule has 4 rings (SSSR count). The number of carbonyl (C=O) groups is 1. The van der Waals surface area contributed by atoms with Crippen molar-refractivity contribution in [2.24, 2.45) is 0 Å². The molecule has 1 atom stereocenters. The number of fused-ring (bicyclic) bond motifs is 3. The van der Waals surface area contributed by atoms with Gasteiger partial charge in [-0.3, -0.25) is 9.59 Å². The molecular formula is C20H14BrF4N3O2. The van der Waals surface area contributed by atoms with Gasteiger partial charge in [-0.15, -0.1) is 0 Å². The van der Waals surface area contributed by atoms with Crippen molar-refractivity contribution in [1.82, 2.24) is 15.2 Å². The number of hydrogen-bond acceptors (Lipinski definition) is 3. The number of halogens is 5. The summed E-state index contributed by atoms with van der Waals surface area (Å²) in [6.45, 7) is 0.483. The van der Waals surface area contributed by atoms with Crippen LogP contribution in [0.4, 0.5) is 17.6 Å². The topological polar surface area (TPSA) is 65.2 Å². The minimum atomic E-state index is -1.16. The first-order valence-electron chi connectivity index (χ1n) is 8.85. The van der Waals surface area contributed by atoms with Crippen molar-refractivity contribution in [3.8, 4) is 0 Å². The van der Waals surface area contributed by atoms with Crippen LogP contribution in [0.15, 0.2) is 33.5 Å². The van der Waals surface area contributed by atoms with Gasteiger partial charge in [0.2, 0.25) is 0 Å². The molecule has 0 fully saturated rings. The van der Waals surface area contributed by atoms with Gasteiger partial charge >= 0.3 is 0 Å². The second-order valence-electron chi connectivity index (χ2n) is 6.97. The number of H-pyrrole nitrogens is 1. The highest BCUT2D eigenvalue weighted by Gasteiger charge is 2.31. The highest BCUT2D eigenvalue weighted by Crippen LogP contribution is 2.33. The second-order valence-corrected chi connectivity index (χ2v) is 7.77. The SMILES string of the molecule is CN(C(=O)c1cc(F)c(Br)c(F)c1)[C@@H]1CNCc2[nH]c(=O)c3cc(F)c(F)cc3c21. The fraction of sp³-hybridized carbons (Fsp3) is 0.200. The summed E-state index contributed by atoms with van der Waals surface area (Å²) in [4.78, 5) is 29.1. The Kier molecular flexibility index (Phi) is 5.15. The van der Waals surface area contributed by atoms with Crippen molar-refractivity contribution >= 4 is 32.6 Å². The number of aromatic amines is 1. The highest BCUT2D eigenvalue weighted by molar-refractivity contribution is 9.10. The van der Waals surface area contributed by atoms with Crippen LogP contribution in [-0.4, -0.2) is 29.4 Å². The lowest BCUT2D eigenvalue weighted by Gasteiger charge is -2.34. The van der Waals surface area contributed by atoms with Crippen LogP contribution in [0.1, 0.15) is 27.7 Å². The van der Waals surface area contributed by atoms with E-state index in [0.717, 1.165) is 24.3 Å².